The normalized spacial score (nSPS) is 16.7. The molecule has 0 saturated carbocycles. The average molecular weight is 424 g/mol. The van der Waals surface area contributed by atoms with E-state index in [0.717, 1.165) is 32.1 Å². The van der Waals surface area contributed by atoms with Gasteiger partial charge in [-0.3, -0.25) is 13.8 Å². The number of aliphatic hydroxyl groups excluding tert-OH is 1. The Hall–Kier alpha value is -0.760. The van der Waals surface area contributed by atoms with Gasteiger partial charge in [0.05, 0.1) is 39.9 Å². The SMILES string of the molecule is CCC/C=C/C(O)C(COP(=O)(O)OCC[N+](C)(C)C)NC(=O)CCCCC. The second kappa shape index (κ2) is 14.3. The molecule has 0 aliphatic rings. The lowest BCUT2D eigenvalue weighted by molar-refractivity contribution is -0.870. The number of phosphoric ester groups is 1. The number of amides is 1. The summed E-state index contributed by atoms with van der Waals surface area (Å²) in [7, 11) is 1.55. The van der Waals surface area contributed by atoms with Gasteiger partial charge in [-0.25, -0.2) is 4.57 Å². The largest absolute Gasteiger partial charge is 0.472 e. The summed E-state index contributed by atoms with van der Waals surface area (Å²) in [5, 5.41) is 13.0. The summed E-state index contributed by atoms with van der Waals surface area (Å²) in [6.07, 6.45) is 7.13. The van der Waals surface area contributed by atoms with Crippen molar-refractivity contribution in [3.05, 3.63) is 12.2 Å². The Kier molecular flexibility index (Phi) is 13.9. The van der Waals surface area contributed by atoms with Crippen LogP contribution in [-0.4, -0.2) is 73.4 Å². The quantitative estimate of drug-likeness (QED) is 0.153. The van der Waals surface area contributed by atoms with Gasteiger partial charge >= 0.3 is 7.82 Å². The predicted octanol–water partition coefficient (Wildman–Crippen LogP) is 2.61. The van der Waals surface area contributed by atoms with Crippen LogP contribution in [-0.2, 0) is 18.4 Å². The molecule has 0 fully saturated rings. The summed E-state index contributed by atoms with van der Waals surface area (Å²) < 4.78 is 22.7. The number of nitrogens with zero attached hydrogens (tertiary/aromatic N) is 1. The molecule has 0 aromatic rings. The van der Waals surface area contributed by atoms with Crippen molar-refractivity contribution in [2.45, 2.75) is 64.5 Å². The van der Waals surface area contributed by atoms with E-state index in [2.05, 4.69) is 5.32 Å². The zero-order valence-electron chi connectivity index (χ0n) is 18.1. The molecule has 3 unspecified atom stereocenters. The lowest BCUT2D eigenvalue weighted by atomic mass is 10.1. The van der Waals surface area contributed by atoms with Crippen LogP contribution in [0.1, 0.15) is 52.4 Å². The van der Waals surface area contributed by atoms with Crippen LogP contribution in [0, 0.1) is 0 Å². The van der Waals surface area contributed by atoms with Crippen molar-refractivity contribution < 1.29 is 32.9 Å². The summed E-state index contributed by atoms with van der Waals surface area (Å²) in [6.45, 7) is 4.34. The minimum Gasteiger partial charge on any atom is -0.387 e. The predicted molar refractivity (Wildman–Crippen MR) is 111 cm³/mol. The smallest absolute Gasteiger partial charge is 0.387 e. The number of hydrogen-bond donors (Lipinski definition) is 3. The first-order valence-electron chi connectivity index (χ1n) is 10.1. The number of aliphatic hydroxyl groups is 1. The molecule has 0 radical (unpaired) electrons. The van der Waals surface area contributed by atoms with E-state index in [-0.39, 0.29) is 19.1 Å². The fourth-order valence-electron chi connectivity index (χ4n) is 2.22. The van der Waals surface area contributed by atoms with Crippen molar-refractivity contribution in [1.82, 2.24) is 5.32 Å². The summed E-state index contributed by atoms with van der Waals surface area (Å²) in [4.78, 5) is 22.0. The third kappa shape index (κ3) is 15.2. The van der Waals surface area contributed by atoms with Gasteiger partial charge in [0.15, 0.2) is 0 Å². The number of allylic oxidation sites excluding steroid dienone is 1. The van der Waals surface area contributed by atoms with Crippen LogP contribution in [0.2, 0.25) is 0 Å². The highest BCUT2D eigenvalue weighted by Crippen LogP contribution is 2.43. The summed E-state index contributed by atoms with van der Waals surface area (Å²) >= 11 is 0. The highest BCUT2D eigenvalue weighted by molar-refractivity contribution is 7.47. The molecule has 0 spiro atoms. The molecule has 0 rings (SSSR count). The van der Waals surface area contributed by atoms with Crippen molar-refractivity contribution in [2.24, 2.45) is 0 Å². The molecule has 28 heavy (non-hydrogen) atoms. The maximum Gasteiger partial charge on any atom is 0.472 e. The van der Waals surface area contributed by atoms with Crippen molar-refractivity contribution in [3.8, 4) is 0 Å². The zero-order valence-corrected chi connectivity index (χ0v) is 19.0. The van der Waals surface area contributed by atoms with Crippen molar-refractivity contribution in [3.63, 3.8) is 0 Å². The number of likely N-dealkylation sites (N-methyl/N-ethyl adjacent to an activating group) is 1. The molecule has 0 saturated heterocycles. The van der Waals surface area contributed by atoms with Crippen LogP contribution >= 0.6 is 7.82 Å². The van der Waals surface area contributed by atoms with Gasteiger partial charge in [-0.1, -0.05) is 45.3 Å². The molecule has 9 heteroatoms. The number of carbonyl (C=O) groups excluding carboxylic acids is 1. The molecule has 1 amide bonds. The number of hydrogen-bond acceptors (Lipinski definition) is 5. The van der Waals surface area contributed by atoms with Gasteiger partial charge in [-0.05, 0) is 12.8 Å². The Balaban J connectivity index is 4.76. The number of quaternary nitrogens is 1. The van der Waals surface area contributed by atoms with Crippen molar-refractivity contribution in [1.29, 1.82) is 0 Å². The van der Waals surface area contributed by atoms with Crippen molar-refractivity contribution >= 4 is 13.7 Å². The molecule has 3 N–H and O–H groups in total. The van der Waals surface area contributed by atoms with E-state index in [0.29, 0.717) is 17.4 Å². The summed E-state index contributed by atoms with van der Waals surface area (Å²) in [5.41, 5.74) is 0. The topological polar surface area (TPSA) is 105 Å². The van der Waals surface area contributed by atoms with Gasteiger partial charge < -0.3 is 19.8 Å². The number of phosphoric acid groups is 1. The zero-order chi connectivity index (χ0) is 21.6. The highest BCUT2D eigenvalue weighted by Gasteiger charge is 2.27. The number of carbonyl (C=O) groups is 1. The molecule has 0 aromatic heterocycles. The van der Waals surface area contributed by atoms with E-state index in [9.17, 15) is 19.4 Å². The molecular formula is C19H40N2O6P+. The second-order valence-electron chi connectivity index (χ2n) is 7.95. The van der Waals surface area contributed by atoms with Gasteiger partial charge in [0.1, 0.15) is 13.2 Å². The van der Waals surface area contributed by atoms with E-state index in [1.165, 1.54) is 0 Å². The fourth-order valence-corrected chi connectivity index (χ4v) is 2.95. The van der Waals surface area contributed by atoms with Gasteiger partial charge in [-0.2, -0.15) is 0 Å². The monoisotopic (exact) mass is 423 g/mol. The van der Waals surface area contributed by atoms with Gasteiger partial charge in [-0.15, -0.1) is 0 Å². The molecule has 0 aliphatic heterocycles. The van der Waals surface area contributed by atoms with Crippen LogP contribution in [0.4, 0.5) is 0 Å². The number of nitrogens with one attached hydrogen (secondary N) is 1. The maximum absolute atomic E-state index is 12.1. The maximum atomic E-state index is 12.1. The Morgan fingerprint density at radius 1 is 1.18 bits per heavy atom. The standard InChI is InChI=1S/C19H39N2O6P/c1-6-8-10-12-18(22)17(20-19(23)13-11-9-7-2)16-27-28(24,25)26-15-14-21(3,4)5/h10,12,17-18,22H,6-9,11,13-16H2,1-5H3,(H-,20,23,24,25)/p+1/b12-10+. The van der Waals surface area contributed by atoms with E-state index < -0.39 is 20.0 Å². The second-order valence-corrected chi connectivity index (χ2v) is 9.40. The molecule has 8 nitrogen and oxygen atoms in total. The van der Waals surface area contributed by atoms with E-state index in [4.69, 9.17) is 9.05 Å². The van der Waals surface area contributed by atoms with Crippen LogP contribution in [0.3, 0.4) is 0 Å². The van der Waals surface area contributed by atoms with Crippen molar-refractivity contribution in [2.75, 3.05) is 40.9 Å². The first-order valence-corrected chi connectivity index (χ1v) is 11.6. The summed E-state index contributed by atoms with van der Waals surface area (Å²) in [5.74, 6) is -0.219. The van der Waals surface area contributed by atoms with Crippen LogP contribution < -0.4 is 5.32 Å². The van der Waals surface area contributed by atoms with Crippen LogP contribution in [0.5, 0.6) is 0 Å². The molecule has 0 bridgehead atoms. The first-order chi connectivity index (χ1) is 13.0. The Morgan fingerprint density at radius 2 is 1.86 bits per heavy atom. The Labute approximate surface area is 170 Å². The van der Waals surface area contributed by atoms with Gasteiger partial charge in [0.2, 0.25) is 5.91 Å². The molecule has 0 heterocycles. The first kappa shape index (κ1) is 27.2. The van der Waals surface area contributed by atoms with E-state index in [1.807, 2.05) is 41.1 Å². The lowest BCUT2D eigenvalue weighted by Gasteiger charge is -2.25. The third-order valence-corrected chi connectivity index (χ3v) is 4.97. The lowest BCUT2D eigenvalue weighted by Crippen LogP contribution is -2.45. The molecule has 166 valence electrons. The molecule has 3 atom stereocenters. The Morgan fingerprint density at radius 3 is 2.43 bits per heavy atom. The average Bonchev–Trinajstić information content (AvgIpc) is 2.57. The Bertz CT molecular complexity index is 507. The number of rotatable bonds is 16. The van der Waals surface area contributed by atoms with Crippen LogP contribution in [0.25, 0.3) is 0 Å². The van der Waals surface area contributed by atoms with E-state index in [1.54, 1.807) is 6.08 Å². The van der Waals surface area contributed by atoms with Gasteiger partial charge in [0, 0.05) is 6.42 Å². The third-order valence-electron chi connectivity index (χ3n) is 3.99. The fraction of sp³-hybridized carbons (Fsp3) is 0.842. The van der Waals surface area contributed by atoms with E-state index >= 15 is 0 Å². The molecule has 0 aliphatic carbocycles. The molecular weight excluding hydrogens is 383 g/mol. The minimum absolute atomic E-state index is 0.0598. The highest BCUT2D eigenvalue weighted by atomic mass is 31.2. The van der Waals surface area contributed by atoms with Crippen LogP contribution in [0.15, 0.2) is 12.2 Å². The molecule has 0 aromatic carbocycles. The minimum atomic E-state index is -4.27. The summed E-state index contributed by atoms with van der Waals surface area (Å²) in [6, 6.07) is -0.829. The van der Waals surface area contributed by atoms with Gasteiger partial charge in [0.25, 0.3) is 0 Å². The number of unbranched alkanes of at least 4 members (excludes halogenated alkanes) is 3.